The van der Waals surface area contributed by atoms with Crippen LogP contribution in [0.15, 0.2) is 0 Å². The Balaban J connectivity index is 0.00000242. The van der Waals surface area contributed by atoms with Gasteiger partial charge in [-0.2, -0.15) is 0 Å². The van der Waals surface area contributed by atoms with Gasteiger partial charge in [-0.3, -0.25) is 4.79 Å². The highest BCUT2D eigenvalue weighted by molar-refractivity contribution is 5.85. The van der Waals surface area contributed by atoms with Crippen LogP contribution < -0.4 is 5.32 Å². The lowest BCUT2D eigenvalue weighted by molar-refractivity contribution is -0.134. The van der Waals surface area contributed by atoms with Gasteiger partial charge in [0.05, 0.1) is 0 Å². The van der Waals surface area contributed by atoms with Gasteiger partial charge in [0.15, 0.2) is 0 Å². The monoisotopic (exact) mass is 367 g/mol. The largest absolute Gasteiger partial charge is 0.343 e. The quantitative estimate of drug-likeness (QED) is 0.811. The number of nitrogens with zero attached hydrogens (tertiary/aromatic N) is 2. The average molecular weight is 368 g/mol. The van der Waals surface area contributed by atoms with Gasteiger partial charge >= 0.3 is 0 Å². The zero-order valence-corrected chi connectivity index (χ0v) is 16.6. The van der Waals surface area contributed by atoms with Crippen LogP contribution in [0.1, 0.15) is 39.0 Å². The Hall–Kier alpha value is -0.0300. The molecule has 1 amide bonds. The molecule has 0 aromatic carbocycles. The minimum absolute atomic E-state index is 0. The first-order chi connectivity index (χ1) is 10.1. The molecular weight excluding hydrogens is 333 g/mol. The third kappa shape index (κ3) is 7.59. The summed E-state index contributed by atoms with van der Waals surface area (Å²) < 4.78 is 0. The lowest BCUT2D eigenvalue weighted by atomic mass is 9.83. The van der Waals surface area contributed by atoms with Crippen molar-refractivity contribution in [1.29, 1.82) is 0 Å². The average Bonchev–Trinajstić information content (AvgIpc) is 2.48. The van der Waals surface area contributed by atoms with E-state index in [4.69, 9.17) is 0 Å². The molecule has 0 aliphatic carbocycles. The number of carbonyl (C=O) groups excluding carboxylic acids is 1. The molecule has 1 N–H and O–H groups in total. The maximum absolute atomic E-state index is 12.5. The fraction of sp³-hybridized carbons (Fsp3) is 0.941. The summed E-state index contributed by atoms with van der Waals surface area (Å²) in [5, 5.41) is 3.41. The van der Waals surface area contributed by atoms with E-state index in [1.54, 1.807) is 0 Å². The molecule has 2 heterocycles. The molecule has 6 heteroatoms. The third-order valence-electron chi connectivity index (χ3n) is 5.28. The Morgan fingerprint density at radius 3 is 2.22 bits per heavy atom. The molecule has 0 aromatic heterocycles. The highest BCUT2D eigenvalue weighted by Crippen LogP contribution is 2.26. The van der Waals surface area contributed by atoms with Crippen molar-refractivity contribution >= 4 is 30.7 Å². The standard InChI is InChI=1S/C17H33N3O.2ClH/c1-14(16-4-8-18-9-5-16)12-17(21)20-10-6-15(7-11-20)13-19(2)3;;/h14-16,18H,4-13H2,1-3H3;2*1H. The second-order valence-corrected chi connectivity index (χ2v) is 7.36. The van der Waals surface area contributed by atoms with Gasteiger partial charge in [0.25, 0.3) is 0 Å². The number of carbonyl (C=O) groups is 1. The third-order valence-corrected chi connectivity index (χ3v) is 5.28. The van der Waals surface area contributed by atoms with E-state index >= 15 is 0 Å². The molecule has 2 fully saturated rings. The number of likely N-dealkylation sites (tertiary alicyclic amines) is 1. The van der Waals surface area contributed by atoms with Gasteiger partial charge in [0, 0.05) is 26.1 Å². The molecule has 0 radical (unpaired) electrons. The number of piperidine rings is 2. The molecule has 2 rings (SSSR count). The Morgan fingerprint density at radius 2 is 1.70 bits per heavy atom. The Morgan fingerprint density at radius 1 is 1.13 bits per heavy atom. The van der Waals surface area contributed by atoms with E-state index in [9.17, 15) is 4.79 Å². The number of hydrogen-bond acceptors (Lipinski definition) is 3. The number of hydrogen-bond donors (Lipinski definition) is 1. The summed E-state index contributed by atoms with van der Waals surface area (Å²) >= 11 is 0. The Bertz CT molecular complexity index is 328. The number of rotatable bonds is 5. The van der Waals surface area contributed by atoms with Crippen LogP contribution in [0.5, 0.6) is 0 Å². The molecule has 2 saturated heterocycles. The van der Waals surface area contributed by atoms with Crippen LogP contribution in [-0.2, 0) is 4.79 Å². The second-order valence-electron chi connectivity index (χ2n) is 7.36. The predicted octanol–water partition coefficient (Wildman–Crippen LogP) is 2.66. The summed E-state index contributed by atoms with van der Waals surface area (Å²) in [7, 11) is 4.27. The van der Waals surface area contributed by atoms with Crippen LogP contribution in [0.2, 0.25) is 0 Å². The van der Waals surface area contributed by atoms with E-state index in [1.807, 2.05) is 0 Å². The van der Waals surface area contributed by atoms with Crippen molar-refractivity contribution in [2.45, 2.75) is 39.0 Å². The first-order valence-corrected chi connectivity index (χ1v) is 8.69. The Kier molecular flexibility index (Phi) is 11.5. The van der Waals surface area contributed by atoms with E-state index in [0.29, 0.717) is 11.8 Å². The molecule has 0 spiro atoms. The summed E-state index contributed by atoms with van der Waals surface area (Å²) in [5.41, 5.74) is 0. The molecule has 0 aromatic rings. The topological polar surface area (TPSA) is 35.6 Å². The second kappa shape index (κ2) is 11.5. The SMILES string of the molecule is CC(CC(=O)N1CCC(CN(C)C)CC1)C1CCNCC1.Cl.Cl. The maximum Gasteiger partial charge on any atom is 0.222 e. The normalized spacial score (nSPS) is 21.5. The van der Waals surface area contributed by atoms with E-state index < -0.39 is 0 Å². The van der Waals surface area contributed by atoms with Crippen molar-refractivity contribution in [3.63, 3.8) is 0 Å². The van der Waals surface area contributed by atoms with E-state index in [0.717, 1.165) is 51.0 Å². The molecule has 0 saturated carbocycles. The predicted molar refractivity (Wildman–Crippen MR) is 102 cm³/mol. The van der Waals surface area contributed by atoms with Crippen molar-refractivity contribution in [1.82, 2.24) is 15.1 Å². The summed E-state index contributed by atoms with van der Waals surface area (Å²) in [4.78, 5) is 16.9. The van der Waals surface area contributed by atoms with Gasteiger partial charge < -0.3 is 15.1 Å². The summed E-state index contributed by atoms with van der Waals surface area (Å²) in [6.45, 7) is 7.62. The van der Waals surface area contributed by atoms with Crippen LogP contribution in [-0.4, -0.2) is 62.5 Å². The summed E-state index contributed by atoms with van der Waals surface area (Å²) in [5.74, 6) is 2.44. The molecule has 1 atom stereocenters. The zero-order valence-electron chi connectivity index (χ0n) is 14.9. The number of amides is 1. The molecule has 2 aliphatic heterocycles. The molecule has 23 heavy (non-hydrogen) atoms. The van der Waals surface area contributed by atoms with Gasteiger partial charge in [0.1, 0.15) is 0 Å². The lowest BCUT2D eigenvalue weighted by Gasteiger charge is -2.35. The van der Waals surface area contributed by atoms with Gasteiger partial charge in [-0.15, -0.1) is 24.8 Å². The molecule has 0 bridgehead atoms. The molecule has 1 unspecified atom stereocenters. The van der Waals surface area contributed by atoms with Gasteiger partial charge in [-0.25, -0.2) is 0 Å². The van der Waals surface area contributed by atoms with Crippen molar-refractivity contribution in [2.75, 3.05) is 46.8 Å². The van der Waals surface area contributed by atoms with E-state index in [-0.39, 0.29) is 24.8 Å². The molecule has 2 aliphatic rings. The van der Waals surface area contributed by atoms with E-state index in [2.05, 4.69) is 36.1 Å². The van der Waals surface area contributed by atoms with Crippen molar-refractivity contribution in [3.8, 4) is 0 Å². The lowest BCUT2D eigenvalue weighted by Crippen LogP contribution is -2.41. The number of halogens is 2. The summed E-state index contributed by atoms with van der Waals surface area (Å²) in [6.07, 6.45) is 5.57. The van der Waals surface area contributed by atoms with Crippen molar-refractivity contribution < 1.29 is 4.79 Å². The van der Waals surface area contributed by atoms with Crippen molar-refractivity contribution in [2.24, 2.45) is 17.8 Å². The van der Waals surface area contributed by atoms with Gasteiger partial charge in [-0.1, -0.05) is 6.92 Å². The minimum atomic E-state index is 0. The molecular formula is C17H35Cl2N3O. The first-order valence-electron chi connectivity index (χ1n) is 8.69. The number of nitrogens with one attached hydrogen (secondary N) is 1. The highest BCUT2D eigenvalue weighted by Gasteiger charge is 2.27. The zero-order chi connectivity index (χ0) is 15.2. The molecule has 4 nitrogen and oxygen atoms in total. The first kappa shape index (κ1) is 23.0. The smallest absolute Gasteiger partial charge is 0.222 e. The minimum Gasteiger partial charge on any atom is -0.343 e. The maximum atomic E-state index is 12.5. The molecule has 138 valence electrons. The fourth-order valence-corrected chi connectivity index (χ4v) is 3.87. The van der Waals surface area contributed by atoms with E-state index in [1.165, 1.54) is 25.7 Å². The van der Waals surface area contributed by atoms with Gasteiger partial charge in [0.2, 0.25) is 5.91 Å². The fourth-order valence-electron chi connectivity index (χ4n) is 3.87. The van der Waals surface area contributed by atoms with Crippen molar-refractivity contribution in [3.05, 3.63) is 0 Å². The van der Waals surface area contributed by atoms with Crippen LogP contribution >= 0.6 is 24.8 Å². The summed E-state index contributed by atoms with van der Waals surface area (Å²) in [6, 6.07) is 0. The van der Waals surface area contributed by atoms with Crippen LogP contribution in [0.3, 0.4) is 0 Å². The van der Waals surface area contributed by atoms with Gasteiger partial charge in [-0.05, 0) is 70.6 Å². The van der Waals surface area contributed by atoms with Crippen LogP contribution in [0.25, 0.3) is 0 Å². The highest BCUT2D eigenvalue weighted by atomic mass is 35.5. The Labute approximate surface area is 154 Å². The van der Waals surface area contributed by atoms with Crippen LogP contribution in [0.4, 0.5) is 0 Å². The van der Waals surface area contributed by atoms with Crippen LogP contribution in [0, 0.1) is 17.8 Å².